The predicted molar refractivity (Wildman–Crippen MR) is 52.9 cm³/mol. The van der Waals surface area contributed by atoms with Gasteiger partial charge in [0.1, 0.15) is 0 Å². The summed E-state index contributed by atoms with van der Waals surface area (Å²) in [6, 6.07) is 2.26. The first-order valence-electron chi connectivity index (χ1n) is 4.56. The van der Waals surface area contributed by atoms with Crippen LogP contribution in [0, 0.1) is 0 Å². The third-order valence-electron chi connectivity index (χ3n) is 2.35. The van der Waals surface area contributed by atoms with Crippen LogP contribution < -0.4 is 0 Å². The van der Waals surface area contributed by atoms with Crippen molar-refractivity contribution in [1.82, 2.24) is 0 Å². The van der Waals surface area contributed by atoms with Crippen molar-refractivity contribution < 1.29 is 28.7 Å². The molecule has 2 rings (SSSR count). The van der Waals surface area contributed by atoms with E-state index in [0.29, 0.717) is 6.29 Å². The summed E-state index contributed by atoms with van der Waals surface area (Å²) >= 11 is 0. The summed E-state index contributed by atoms with van der Waals surface area (Å²) in [5.41, 5.74) is -0.166. The van der Waals surface area contributed by atoms with Crippen molar-refractivity contribution in [2.24, 2.45) is 0 Å². The maximum absolute atomic E-state index is 11.4. The summed E-state index contributed by atoms with van der Waals surface area (Å²) in [6.45, 7) is 0. The van der Waals surface area contributed by atoms with Gasteiger partial charge in [0.15, 0.2) is 6.29 Å². The van der Waals surface area contributed by atoms with Crippen molar-refractivity contribution in [3.05, 3.63) is 34.4 Å². The van der Waals surface area contributed by atoms with Crippen molar-refractivity contribution in [2.75, 3.05) is 7.11 Å². The number of rotatable bonds is 2. The van der Waals surface area contributed by atoms with Crippen LogP contribution in [0.1, 0.15) is 41.4 Å². The molecule has 6 nitrogen and oxygen atoms in total. The molecular formula is C11H6O6. The zero-order valence-corrected chi connectivity index (χ0v) is 8.68. The van der Waals surface area contributed by atoms with Gasteiger partial charge in [0, 0.05) is 5.56 Å². The fourth-order valence-electron chi connectivity index (χ4n) is 1.53. The molecule has 0 atom stereocenters. The standard InChI is InChI=1S/C11H6O6/c1-16-9(13)6-3-8-7(2-5(6)4-12)10(14)17-11(8)15/h2-4H,1H3. The number of carbonyl (C=O) groups is 4. The minimum absolute atomic E-state index is 0.0234. The first kappa shape index (κ1) is 11.0. The van der Waals surface area contributed by atoms with Crippen LogP contribution in [0.2, 0.25) is 0 Å². The van der Waals surface area contributed by atoms with Crippen LogP contribution in [0.25, 0.3) is 0 Å². The molecule has 6 heteroatoms. The van der Waals surface area contributed by atoms with Gasteiger partial charge in [0.25, 0.3) is 0 Å². The molecule has 0 spiro atoms. The Labute approximate surface area is 95.1 Å². The average molecular weight is 234 g/mol. The third kappa shape index (κ3) is 1.59. The summed E-state index contributed by atoms with van der Waals surface area (Å²) in [4.78, 5) is 44.6. The van der Waals surface area contributed by atoms with Gasteiger partial charge >= 0.3 is 17.9 Å². The third-order valence-corrected chi connectivity index (χ3v) is 2.35. The summed E-state index contributed by atoms with van der Waals surface area (Å²) in [7, 11) is 1.15. The van der Waals surface area contributed by atoms with Crippen LogP contribution in [-0.4, -0.2) is 31.3 Å². The Morgan fingerprint density at radius 3 is 2.35 bits per heavy atom. The molecule has 17 heavy (non-hydrogen) atoms. The largest absolute Gasteiger partial charge is 0.465 e. The molecule has 1 heterocycles. The lowest BCUT2D eigenvalue weighted by Gasteiger charge is -2.03. The van der Waals surface area contributed by atoms with Gasteiger partial charge in [-0.1, -0.05) is 0 Å². The van der Waals surface area contributed by atoms with E-state index in [0.717, 1.165) is 19.2 Å². The molecule has 0 aliphatic carbocycles. The van der Waals surface area contributed by atoms with Crippen molar-refractivity contribution in [2.45, 2.75) is 0 Å². The summed E-state index contributed by atoms with van der Waals surface area (Å²) in [6.07, 6.45) is 0.405. The average Bonchev–Trinajstić information content (AvgIpc) is 2.62. The first-order valence-corrected chi connectivity index (χ1v) is 4.56. The van der Waals surface area contributed by atoms with E-state index in [1.165, 1.54) is 0 Å². The molecule has 0 bridgehead atoms. The predicted octanol–water partition coefficient (Wildman–Crippen LogP) is 0.596. The molecule has 1 aliphatic heterocycles. The molecule has 0 aromatic heterocycles. The molecular weight excluding hydrogens is 228 g/mol. The first-order chi connectivity index (χ1) is 8.08. The van der Waals surface area contributed by atoms with E-state index in [-0.39, 0.29) is 22.3 Å². The Balaban J connectivity index is 2.68. The number of hydrogen-bond acceptors (Lipinski definition) is 6. The minimum Gasteiger partial charge on any atom is -0.465 e. The van der Waals surface area contributed by atoms with Gasteiger partial charge in [-0.25, -0.2) is 14.4 Å². The van der Waals surface area contributed by atoms with Crippen LogP contribution in [-0.2, 0) is 9.47 Å². The molecule has 0 N–H and O–H groups in total. The number of hydrogen-bond donors (Lipinski definition) is 0. The molecule has 0 fully saturated rings. The molecule has 1 aromatic carbocycles. The van der Waals surface area contributed by atoms with Gasteiger partial charge in [0.05, 0.1) is 23.8 Å². The van der Waals surface area contributed by atoms with Gasteiger partial charge in [-0.15, -0.1) is 0 Å². The molecule has 0 saturated carbocycles. The van der Waals surface area contributed by atoms with Crippen molar-refractivity contribution in [3.8, 4) is 0 Å². The molecule has 1 aliphatic rings. The fourth-order valence-corrected chi connectivity index (χ4v) is 1.53. The van der Waals surface area contributed by atoms with E-state index in [1.54, 1.807) is 0 Å². The van der Waals surface area contributed by atoms with E-state index in [2.05, 4.69) is 9.47 Å². The van der Waals surface area contributed by atoms with Crippen LogP contribution in [0.15, 0.2) is 12.1 Å². The van der Waals surface area contributed by atoms with Crippen LogP contribution in [0.3, 0.4) is 0 Å². The van der Waals surface area contributed by atoms with Crippen LogP contribution >= 0.6 is 0 Å². The maximum atomic E-state index is 11.4. The Kier molecular flexibility index (Phi) is 2.47. The van der Waals surface area contributed by atoms with E-state index in [9.17, 15) is 19.2 Å². The second kappa shape index (κ2) is 3.82. The zero-order chi connectivity index (χ0) is 12.6. The van der Waals surface area contributed by atoms with E-state index in [4.69, 9.17) is 0 Å². The highest BCUT2D eigenvalue weighted by Crippen LogP contribution is 2.24. The number of cyclic esters (lactones) is 2. The summed E-state index contributed by atoms with van der Waals surface area (Å²) in [5.74, 6) is -2.43. The molecule has 1 aromatic rings. The van der Waals surface area contributed by atoms with E-state index < -0.39 is 17.9 Å². The quantitative estimate of drug-likeness (QED) is 0.423. The number of methoxy groups -OCH3 is 1. The monoisotopic (exact) mass is 234 g/mol. The topological polar surface area (TPSA) is 86.7 Å². The van der Waals surface area contributed by atoms with Gasteiger partial charge < -0.3 is 9.47 Å². The number of fused-ring (bicyclic) bond motifs is 1. The Bertz CT molecular complexity index is 557. The SMILES string of the molecule is COC(=O)c1cc2c(cc1C=O)C(=O)OC2=O. The fraction of sp³-hybridized carbons (Fsp3) is 0.0909. The summed E-state index contributed by atoms with van der Waals surface area (Å²) in [5, 5.41) is 0. The highest BCUT2D eigenvalue weighted by Gasteiger charge is 2.32. The number of carbonyl (C=O) groups excluding carboxylic acids is 4. The molecule has 0 saturated heterocycles. The number of benzene rings is 1. The molecule has 0 radical (unpaired) electrons. The highest BCUT2D eigenvalue weighted by molar-refractivity contribution is 6.16. The molecule has 86 valence electrons. The Morgan fingerprint density at radius 1 is 1.24 bits per heavy atom. The van der Waals surface area contributed by atoms with Gasteiger partial charge in [-0.2, -0.15) is 0 Å². The number of aldehydes is 1. The second-order valence-corrected chi connectivity index (χ2v) is 3.27. The van der Waals surface area contributed by atoms with Crippen molar-refractivity contribution >= 4 is 24.2 Å². The highest BCUT2D eigenvalue weighted by atomic mass is 16.6. The minimum atomic E-state index is -0.840. The maximum Gasteiger partial charge on any atom is 0.346 e. The lowest BCUT2D eigenvalue weighted by molar-refractivity contribution is 0.0443. The normalized spacial score (nSPS) is 13.0. The number of ether oxygens (including phenoxy) is 2. The Hall–Kier alpha value is -2.50. The van der Waals surface area contributed by atoms with Crippen LogP contribution in [0.5, 0.6) is 0 Å². The number of esters is 3. The van der Waals surface area contributed by atoms with Crippen molar-refractivity contribution in [3.63, 3.8) is 0 Å². The summed E-state index contributed by atoms with van der Waals surface area (Å²) < 4.78 is 8.82. The van der Waals surface area contributed by atoms with Crippen LogP contribution in [0.4, 0.5) is 0 Å². The lowest BCUT2D eigenvalue weighted by atomic mass is 10.0. The van der Waals surface area contributed by atoms with Gasteiger partial charge in [0.2, 0.25) is 0 Å². The molecule has 0 unspecified atom stereocenters. The van der Waals surface area contributed by atoms with Crippen molar-refractivity contribution in [1.29, 1.82) is 0 Å². The van der Waals surface area contributed by atoms with E-state index in [1.807, 2.05) is 0 Å². The molecule has 0 amide bonds. The second-order valence-electron chi connectivity index (χ2n) is 3.27. The smallest absolute Gasteiger partial charge is 0.346 e. The van der Waals surface area contributed by atoms with Gasteiger partial charge in [-0.05, 0) is 12.1 Å². The lowest BCUT2D eigenvalue weighted by Crippen LogP contribution is -2.08. The zero-order valence-electron chi connectivity index (χ0n) is 8.68. The Morgan fingerprint density at radius 2 is 1.82 bits per heavy atom. The van der Waals surface area contributed by atoms with E-state index >= 15 is 0 Å². The van der Waals surface area contributed by atoms with Gasteiger partial charge in [-0.3, -0.25) is 4.79 Å².